The van der Waals surface area contributed by atoms with E-state index in [9.17, 15) is 5.11 Å². The molecule has 1 saturated heterocycles. The maximum Gasteiger partial charge on any atom is 0.0502 e. The van der Waals surface area contributed by atoms with Gasteiger partial charge in [-0.2, -0.15) is 0 Å². The van der Waals surface area contributed by atoms with Gasteiger partial charge < -0.3 is 10.0 Å². The number of nitrogens with zero attached hydrogens (tertiary/aromatic N) is 1. The molecule has 0 spiro atoms. The Kier molecular flexibility index (Phi) is 4.60. The van der Waals surface area contributed by atoms with Crippen LogP contribution in [0.3, 0.4) is 0 Å². The molecule has 0 bridgehead atoms. The van der Waals surface area contributed by atoms with Gasteiger partial charge in [0.15, 0.2) is 0 Å². The summed E-state index contributed by atoms with van der Waals surface area (Å²) in [6, 6.07) is 8.38. The fourth-order valence-electron chi connectivity index (χ4n) is 2.67. The van der Waals surface area contributed by atoms with Crippen molar-refractivity contribution in [3.63, 3.8) is 0 Å². The molecule has 1 atom stereocenters. The lowest BCUT2D eigenvalue weighted by molar-refractivity contribution is 0.156. The first-order valence-corrected chi connectivity index (χ1v) is 7.05. The largest absolute Gasteiger partial charge is 0.396 e. The van der Waals surface area contributed by atoms with Crippen LogP contribution in [0.15, 0.2) is 28.7 Å². The van der Waals surface area contributed by atoms with Gasteiger partial charge in [0, 0.05) is 10.4 Å². The van der Waals surface area contributed by atoms with E-state index in [0.29, 0.717) is 11.8 Å². The third kappa shape index (κ3) is 3.30. The standard InChI is InChI=1S/C14H20BrNO/c1-16-8-6-12(7-9-16)14(10-17)11-2-4-13(15)5-3-11/h2-5,12,14,17H,6-10H2,1H3. The molecule has 0 amide bonds. The molecule has 0 aromatic heterocycles. The van der Waals surface area contributed by atoms with E-state index >= 15 is 0 Å². The van der Waals surface area contributed by atoms with Gasteiger partial charge in [-0.25, -0.2) is 0 Å². The van der Waals surface area contributed by atoms with Crippen molar-refractivity contribution in [3.8, 4) is 0 Å². The maximum absolute atomic E-state index is 9.64. The van der Waals surface area contributed by atoms with Crippen molar-refractivity contribution in [2.24, 2.45) is 5.92 Å². The number of rotatable bonds is 3. The zero-order valence-electron chi connectivity index (χ0n) is 10.3. The average Bonchev–Trinajstić information content (AvgIpc) is 2.35. The normalized spacial score (nSPS) is 20.4. The van der Waals surface area contributed by atoms with E-state index in [0.717, 1.165) is 17.6 Å². The Morgan fingerprint density at radius 1 is 1.29 bits per heavy atom. The molecule has 0 saturated carbocycles. The Bertz CT molecular complexity index is 344. The second-order valence-corrected chi connectivity index (χ2v) is 5.90. The van der Waals surface area contributed by atoms with E-state index in [-0.39, 0.29) is 6.61 Å². The molecule has 94 valence electrons. The summed E-state index contributed by atoms with van der Waals surface area (Å²) >= 11 is 3.45. The Morgan fingerprint density at radius 3 is 2.41 bits per heavy atom. The van der Waals surface area contributed by atoms with E-state index in [1.165, 1.54) is 18.4 Å². The lowest BCUT2D eigenvalue weighted by Crippen LogP contribution is -2.33. The van der Waals surface area contributed by atoms with Crippen LogP contribution < -0.4 is 0 Å². The number of piperidine rings is 1. The second kappa shape index (κ2) is 5.98. The topological polar surface area (TPSA) is 23.5 Å². The van der Waals surface area contributed by atoms with Crippen molar-refractivity contribution in [2.75, 3.05) is 26.7 Å². The van der Waals surface area contributed by atoms with Crippen LogP contribution in [0.4, 0.5) is 0 Å². The molecule has 1 N–H and O–H groups in total. The monoisotopic (exact) mass is 297 g/mol. The lowest BCUT2D eigenvalue weighted by Gasteiger charge is -2.33. The molecule has 1 aliphatic heterocycles. The molecular weight excluding hydrogens is 278 g/mol. The minimum absolute atomic E-state index is 0.260. The van der Waals surface area contributed by atoms with Gasteiger partial charge in [-0.15, -0.1) is 0 Å². The van der Waals surface area contributed by atoms with Crippen LogP contribution in [-0.2, 0) is 0 Å². The summed E-state index contributed by atoms with van der Waals surface area (Å²) in [6.45, 7) is 2.56. The highest BCUT2D eigenvalue weighted by atomic mass is 79.9. The van der Waals surface area contributed by atoms with Crippen molar-refractivity contribution in [1.82, 2.24) is 4.90 Å². The highest BCUT2D eigenvalue weighted by Gasteiger charge is 2.25. The smallest absolute Gasteiger partial charge is 0.0502 e. The first-order valence-electron chi connectivity index (χ1n) is 6.25. The van der Waals surface area contributed by atoms with Crippen LogP contribution in [0, 0.1) is 5.92 Å². The van der Waals surface area contributed by atoms with Crippen molar-refractivity contribution >= 4 is 15.9 Å². The lowest BCUT2D eigenvalue weighted by atomic mass is 9.80. The molecule has 2 rings (SSSR count). The number of benzene rings is 1. The number of halogens is 1. The molecule has 1 heterocycles. The molecule has 1 fully saturated rings. The summed E-state index contributed by atoms with van der Waals surface area (Å²) < 4.78 is 1.10. The zero-order valence-corrected chi connectivity index (χ0v) is 11.9. The Hall–Kier alpha value is -0.380. The van der Waals surface area contributed by atoms with Gasteiger partial charge in [0.2, 0.25) is 0 Å². The van der Waals surface area contributed by atoms with E-state index < -0.39 is 0 Å². The van der Waals surface area contributed by atoms with Crippen LogP contribution in [0.5, 0.6) is 0 Å². The average molecular weight is 298 g/mol. The van der Waals surface area contributed by atoms with Gasteiger partial charge in [0.25, 0.3) is 0 Å². The molecule has 0 radical (unpaired) electrons. The number of hydrogen-bond donors (Lipinski definition) is 1. The first-order chi connectivity index (χ1) is 8.20. The van der Waals surface area contributed by atoms with Crippen LogP contribution in [0.25, 0.3) is 0 Å². The van der Waals surface area contributed by atoms with Gasteiger partial charge in [-0.05, 0) is 56.6 Å². The third-order valence-corrected chi connectivity index (χ3v) is 4.36. The molecule has 1 aliphatic rings. The molecule has 1 aromatic rings. The number of aliphatic hydroxyl groups excluding tert-OH is 1. The Morgan fingerprint density at radius 2 is 1.88 bits per heavy atom. The molecule has 1 unspecified atom stereocenters. The van der Waals surface area contributed by atoms with Crippen molar-refractivity contribution in [2.45, 2.75) is 18.8 Å². The van der Waals surface area contributed by atoms with Crippen molar-refractivity contribution in [1.29, 1.82) is 0 Å². The van der Waals surface area contributed by atoms with Gasteiger partial charge in [0.05, 0.1) is 6.61 Å². The quantitative estimate of drug-likeness (QED) is 0.927. The Labute approximate surface area is 112 Å². The van der Waals surface area contributed by atoms with Gasteiger partial charge in [0.1, 0.15) is 0 Å². The van der Waals surface area contributed by atoms with Gasteiger partial charge in [-0.1, -0.05) is 28.1 Å². The first kappa shape index (κ1) is 13.1. The summed E-state index contributed by atoms with van der Waals surface area (Å²) in [5.74, 6) is 0.925. The van der Waals surface area contributed by atoms with E-state index in [1.54, 1.807) is 0 Å². The van der Waals surface area contributed by atoms with Gasteiger partial charge >= 0.3 is 0 Å². The molecule has 0 aliphatic carbocycles. The minimum atomic E-state index is 0.260. The maximum atomic E-state index is 9.64. The van der Waals surface area contributed by atoms with Crippen molar-refractivity contribution < 1.29 is 5.11 Å². The van der Waals surface area contributed by atoms with Crippen LogP contribution in [0.1, 0.15) is 24.3 Å². The van der Waals surface area contributed by atoms with E-state index in [1.807, 2.05) is 0 Å². The number of hydrogen-bond acceptors (Lipinski definition) is 2. The molecule has 17 heavy (non-hydrogen) atoms. The van der Waals surface area contributed by atoms with Crippen LogP contribution >= 0.6 is 15.9 Å². The van der Waals surface area contributed by atoms with E-state index in [2.05, 4.69) is 52.1 Å². The highest BCUT2D eigenvalue weighted by Crippen LogP contribution is 2.32. The second-order valence-electron chi connectivity index (χ2n) is 4.98. The van der Waals surface area contributed by atoms with Crippen LogP contribution in [-0.4, -0.2) is 36.8 Å². The molecule has 3 heteroatoms. The summed E-state index contributed by atoms with van der Waals surface area (Å²) in [5.41, 5.74) is 1.27. The zero-order chi connectivity index (χ0) is 12.3. The molecule has 1 aromatic carbocycles. The van der Waals surface area contributed by atoms with Crippen molar-refractivity contribution in [3.05, 3.63) is 34.3 Å². The predicted octanol–water partition coefficient (Wildman–Crippen LogP) is 2.87. The van der Waals surface area contributed by atoms with E-state index in [4.69, 9.17) is 0 Å². The number of likely N-dealkylation sites (tertiary alicyclic amines) is 1. The number of aliphatic hydroxyl groups is 1. The predicted molar refractivity (Wildman–Crippen MR) is 74.2 cm³/mol. The summed E-state index contributed by atoms with van der Waals surface area (Å²) in [7, 11) is 2.17. The Balaban J connectivity index is 2.08. The third-order valence-electron chi connectivity index (χ3n) is 3.83. The summed E-state index contributed by atoms with van der Waals surface area (Å²) in [6.07, 6.45) is 2.38. The van der Waals surface area contributed by atoms with Crippen LogP contribution in [0.2, 0.25) is 0 Å². The summed E-state index contributed by atoms with van der Waals surface area (Å²) in [5, 5.41) is 9.64. The fourth-order valence-corrected chi connectivity index (χ4v) is 2.93. The molecular formula is C14H20BrNO. The summed E-state index contributed by atoms with van der Waals surface area (Å²) in [4.78, 5) is 2.37. The molecule has 2 nitrogen and oxygen atoms in total. The minimum Gasteiger partial charge on any atom is -0.396 e. The highest BCUT2D eigenvalue weighted by molar-refractivity contribution is 9.10. The fraction of sp³-hybridized carbons (Fsp3) is 0.571. The SMILES string of the molecule is CN1CCC(C(CO)c2ccc(Br)cc2)CC1. The van der Waals surface area contributed by atoms with Gasteiger partial charge in [-0.3, -0.25) is 0 Å².